The minimum Gasteiger partial charge on any atom is -0.367 e. The van der Waals surface area contributed by atoms with Crippen LogP contribution in [0.25, 0.3) is 21.8 Å². The highest BCUT2D eigenvalue weighted by atomic mass is 35.5. The Balaban J connectivity index is 1.26. The van der Waals surface area contributed by atoms with Gasteiger partial charge in [-0.2, -0.15) is 0 Å². The predicted octanol–water partition coefficient (Wildman–Crippen LogP) is 6.35. The molecule has 2 fully saturated rings. The van der Waals surface area contributed by atoms with Gasteiger partial charge in [0.05, 0.1) is 27.8 Å². The van der Waals surface area contributed by atoms with E-state index in [2.05, 4.69) is 50.2 Å². The number of hydrogen-bond acceptors (Lipinski definition) is 5. The van der Waals surface area contributed by atoms with E-state index >= 15 is 0 Å². The molecule has 2 aromatic carbocycles. The molecule has 0 bridgehead atoms. The number of pyridine rings is 2. The Morgan fingerprint density at radius 1 is 0.794 bits per heavy atom. The molecule has 2 aromatic heterocycles. The normalized spacial score (nSPS) is 20.3. The Morgan fingerprint density at radius 2 is 1.65 bits per heavy atom. The zero-order valence-corrected chi connectivity index (χ0v) is 20.5. The van der Waals surface area contributed by atoms with Gasteiger partial charge in [-0.15, -0.1) is 0 Å². The van der Waals surface area contributed by atoms with Crippen LogP contribution in [0.2, 0.25) is 10.0 Å². The molecule has 174 valence electrons. The van der Waals surface area contributed by atoms with Crippen LogP contribution in [0, 0.1) is 0 Å². The van der Waals surface area contributed by atoms with Crippen molar-refractivity contribution in [2.24, 2.45) is 0 Å². The number of hydrogen-bond donors (Lipinski definition) is 0. The van der Waals surface area contributed by atoms with Gasteiger partial charge in [0, 0.05) is 60.9 Å². The fourth-order valence-corrected chi connectivity index (χ4v) is 6.01. The standard InChI is InChI=1S/C27H27Cl2N5/c28-20-17-19-5-4-10-30-26(19)25(18-20)32-13-15-33(16-14-32)34-12-2-1-8-24(34)22-7-3-6-21-23(29)9-11-31-27(21)22/h3-7,9-11,17-18,24H,1-2,8,12-16H2. The number of piperazine rings is 1. The molecule has 0 radical (unpaired) electrons. The monoisotopic (exact) mass is 491 g/mol. The number of nitrogens with zero attached hydrogens (tertiary/aromatic N) is 5. The third-order valence-electron chi connectivity index (χ3n) is 7.19. The highest BCUT2D eigenvalue weighted by Crippen LogP contribution is 2.37. The van der Waals surface area contributed by atoms with Gasteiger partial charge in [-0.3, -0.25) is 9.97 Å². The summed E-state index contributed by atoms with van der Waals surface area (Å²) in [6.45, 7) is 4.89. The van der Waals surface area contributed by atoms with E-state index in [1.54, 1.807) is 0 Å². The molecule has 2 saturated heterocycles. The van der Waals surface area contributed by atoms with Crippen LogP contribution < -0.4 is 4.90 Å². The van der Waals surface area contributed by atoms with E-state index < -0.39 is 0 Å². The summed E-state index contributed by atoms with van der Waals surface area (Å²) < 4.78 is 0. The van der Waals surface area contributed by atoms with Gasteiger partial charge in [0.2, 0.25) is 0 Å². The lowest BCUT2D eigenvalue weighted by atomic mass is 9.94. The first-order valence-corrected chi connectivity index (χ1v) is 12.8. The second-order valence-corrected chi connectivity index (χ2v) is 10.00. The number of anilines is 1. The molecule has 2 aliphatic heterocycles. The molecule has 2 aliphatic rings. The van der Waals surface area contributed by atoms with Gasteiger partial charge in [-0.05, 0) is 42.7 Å². The van der Waals surface area contributed by atoms with Gasteiger partial charge >= 0.3 is 0 Å². The first-order valence-electron chi connectivity index (χ1n) is 12.0. The van der Waals surface area contributed by atoms with Crippen molar-refractivity contribution in [1.82, 2.24) is 20.0 Å². The van der Waals surface area contributed by atoms with Gasteiger partial charge in [0.1, 0.15) is 0 Å². The van der Waals surface area contributed by atoms with Crippen molar-refractivity contribution in [3.63, 3.8) is 0 Å². The Morgan fingerprint density at radius 3 is 2.53 bits per heavy atom. The van der Waals surface area contributed by atoms with Crippen LogP contribution in [0.1, 0.15) is 30.9 Å². The van der Waals surface area contributed by atoms with Crippen LogP contribution in [-0.2, 0) is 0 Å². The summed E-state index contributed by atoms with van der Waals surface area (Å²) in [7, 11) is 0. The Kier molecular flexibility index (Phi) is 6.04. The quantitative estimate of drug-likeness (QED) is 0.333. The van der Waals surface area contributed by atoms with E-state index in [1.807, 2.05) is 30.6 Å². The summed E-state index contributed by atoms with van der Waals surface area (Å²) in [4.78, 5) is 11.8. The molecule has 34 heavy (non-hydrogen) atoms. The Labute approximate surface area is 209 Å². The summed E-state index contributed by atoms with van der Waals surface area (Å²) in [5.74, 6) is 0. The number of aromatic nitrogens is 2. The molecule has 1 unspecified atom stereocenters. The highest BCUT2D eigenvalue weighted by Gasteiger charge is 2.32. The molecule has 5 nitrogen and oxygen atoms in total. The van der Waals surface area contributed by atoms with E-state index in [1.165, 1.54) is 18.4 Å². The van der Waals surface area contributed by atoms with Gasteiger partial charge < -0.3 is 4.90 Å². The van der Waals surface area contributed by atoms with Crippen molar-refractivity contribution < 1.29 is 0 Å². The number of benzene rings is 2. The Hall–Kier alpha value is -2.44. The highest BCUT2D eigenvalue weighted by molar-refractivity contribution is 6.35. The van der Waals surface area contributed by atoms with E-state index in [4.69, 9.17) is 28.2 Å². The first kappa shape index (κ1) is 22.1. The van der Waals surface area contributed by atoms with Crippen LogP contribution in [0.5, 0.6) is 0 Å². The van der Waals surface area contributed by atoms with Crippen molar-refractivity contribution in [3.8, 4) is 0 Å². The average molecular weight is 492 g/mol. The maximum Gasteiger partial charge on any atom is 0.0936 e. The smallest absolute Gasteiger partial charge is 0.0936 e. The van der Waals surface area contributed by atoms with Crippen molar-refractivity contribution in [2.45, 2.75) is 25.3 Å². The van der Waals surface area contributed by atoms with Crippen LogP contribution in [0.3, 0.4) is 0 Å². The molecule has 4 heterocycles. The largest absolute Gasteiger partial charge is 0.367 e. The van der Waals surface area contributed by atoms with Gasteiger partial charge in [0.15, 0.2) is 0 Å². The molecule has 0 aliphatic carbocycles. The lowest BCUT2D eigenvalue weighted by Gasteiger charge is -2.47. The zero-order valence-electron chi connectivity index (χ0n) is 19.0. The first-order chi connectivity index (χ1) is 16.7. The minimum atomic E-state index is 0.323. The Bertz CT molecular complexity index is 1340. The third kappa shape index (κ3) is 4.01. The molecule has 7 heteroatoms. The molecule has 0 amide bonds. The SMILES string of the molecule is Clc1cc(N2CCN(N3CCCCC3c3cccc4c(Cl)ccnc34)CC2)c2ncccc2c1. The van der Waals surface area contributed by atoms with E-state index in [0.717, 1.165) is 76.7 Å². The van der Waals surface area contributed by atoms with Crippen LogP contribution in [-0.4, -0.2) is 52.7 Å². The number of para-hydroxylation sites is 1. The number of halogens is 2. The predicted molar refractivity (Wildman–Crippen MR) is 141 cm³/mol. The molecular weight excluding hydrogens is 465 g/mol. The lowest BCUT2D eigenvalue weighted by molar-refractivity contribution is -0.0824. The van der Waals surface area contributed by atoms with E-state index in [0.29, 0.717) is 6.04 Å². The molecular formula is C27H27Cl2N5. The maximum absolute atomic E-state index is 6.50. The number of piperidine rings is 1. The van der Waals surface area contributed by atoms with Gasteiger partial charge in [0.25, 0.3) is 0 Å². The molecule has 0 N–H and O–H groups in total. The number of fused-ring (bicyclic) bond motifs is 2. The fourth-order valence-electron chi connectivity index (χ4n) is 5.58. The summed E-state index contributed by atoms with van der Waals surface area (Å²) in [5, 5.41) is 8.79. The number of rotatable bonds is 3. The molecule has 1 atom stereocenters. The van der Waals surface area contributed by atoms with Crippen molar-refractivity contribution in [2.75, 3.05) is 37.6 Å². The lowest BCUT2D eigenvalue weighted by Crippen LogP contribution is -2.55. The second kappa shape index (κ2) is 9.31. The molecule has 0 spiro atoms. The van der Waals surface area contributed by atoms with Crippen LogP contribution in [0.4, 0.5) is 5.69 Å². The van der Waals surface area contributed by atoms with Crippen molar-refractivity contribution >= 4 is 50.7 Å². The summed E-state index contributed by atoms with van der Waals surface area (Å²) in [6, 6.07) is 16.7. The third-order valence-corrected chi connectivity index (χ3v) is 7.74. The zero-order chi connectivity index (χ0) is 23.1. The van der Waals surface area contributed by atoms with E-state index in [-0.39, 0.29) is 0 Å². The summed E-state index contributed by atoms with van der Waals surface area (Å²) in [5.41, 5.74) is 4.47. The summed E-state index contributed by atoms with van der Waals surface area (Å²) in [6.07, 6.45) is 7.27. The molecule has 6 rings (SSSR count). The van der Waals surface area contributed by atoms with Crippen molar-refractivity contribution in [3.05, 3.63) is 76.5 Å². The molecule has 0 saturated carbocycles. The van der Waals surface area contributed by atoms with E-state index in [9.17, 15) is 0 Å². The average Bonchev–Trinajstić information content (AvgIpc) is 2.88. The second-order valence-electron chi connectivity index (χ2n) is 9.15. The van der Waals surface area contributed by atoms with Crippen LogP contribution in [0.15, 0.2) is 60.9 Å². The maximum atomic E-state index is 6.50. The van der Waals surface area contributed by atoms with Gasteiger partial charge in [-0.25, -0.2) is 10.0 Å². The fraction of sp³-hybridized carbons (Fsp3) is 0.333. The topological polar surface area (TPSA) is 35.5 Å². The van der Waals surface area contributed by atoms with Crippen molar-refractivity contribution in [1.29, 1.82) is 0 Å². The number of hydrazine groups is 1. The summed E-state index contributed by atoms with van der Waals surface area (Å²) >= 11 is 12.9. The van der Waals surface area contributed by atoms with Crippen LogP contribution >= 0.6 is 23.2 Å². The molecule has 4 aromatic rings. The van der Waals surface area contributed by atoms with Gasteiger partial charge in [-0.1, -0.05) is 53.9 Å². The minimum absolute atomic E-state index is 0.323.